The van der Waals surface area contributed by atoms with Gasteiger partial charge in [0.15, 0.2) is 5.78 Å². The van der Waals surface area contributed by atoms with E-state index in [0.717, 1.165) is 0 Å². The van der Waals surface area contributed by atoms with Crippen molar-refractivity contribution in [1.82, 2.24) is 0 Å². The second-order valence-electron chi connectivity index (χ2n) is 4.45. The lowest BCUT2D eigenvalue weighted by Crippen LogP contribution is -2.45. The molecule has 1 rings (SSSR count). The number of primary amides is 1. The molecule has 16 heavy (non-hydrogen) atoms. The maximum Gasteiger partial charge on any atom is 0.218 e. The highest BCUT2D eigenvalue weighted by atomic mass is 32.1. The van der Waals surface area contributed by atoms with Crippen molar-refractivity contribution >= 4 is 23.0 Å². The van der Waals surface area contributed by atoms with Crippen molar-refractivity contribution in [3.05, 3.63) is 22.4 Å². The Morgan fingerprint density at radius 1 is 1.50 bits per heavy atom. The summed E-state index contributed by atoms with van der Waals surface area (Å²) >= 11 is 1.35. The summed E-state index contributed by atoms with van der Waals surface area (Å²) in [5, 5.41) is 1.82. The third-order valence-corrected chi connectivity index (χ3v) is 3.40. The Balaban J connectivity index is 2.81. The van der Waals surface area contributed by atoms with Crippen molar-refractivity contribution in [3.63, 3.8) is 0 Å². The van der Waals surface area contributed by atoms with E-state index in [2.05, 4.69) is 0 Å². The zero-order valence-electron chi connectivity index (χ0n) is 9.40. The Kier molecular flexibility index (Phi) is 3.83. The van der Waals surface area contributed by atoms with Gasteiger partial charge in [-0.1, -0.05) is 19.9 Å². The van der Waals surface area contributed by atoms with Crippen LogP contribution in [0.4, 0.5) is 0 Å². The van der Waals surface area contributed by atoms with Gasteiger partial charge in [0.25, 0.3) is 0 Å². The summed E-state index contributed by atoms with van der Waals surface area (Å²) in [6.45, 7) is 3.54. The number of carbonyl (C=O) groups excluding carboxylic acids is 2. The first-order valence-corrected chi connectivity index (χ1v) is 5.84. The van der Waals surface area contributed by atoms with Gasteiger partial charge in [-0.3, -0.25) is 9.59 Å². The highest BCUT2D eigenvalue weighted by Crippen LogP contribution is 2.27. The monoisotopic (exact) mass is 240 g/mol. The average molecular weight is 240 g/mol. The molecule has 0 saturated carbocycles. The quantitative estimate of drug-likeness (QED) is 0.757. The third-order valence-electron chi connectivity index (χ3n) is 2.52. The Hall–Kier alpha value is -1.20. The highest BCUT2D eigenvalue weighted by Gasteiger charge is 2.34. The van der Waals surface area contributed by atoms with E-state index in [0.29, 0.717) is 4.88 Å². The fraction of sp³-hybridized carbons (Fsp3) is 0.455. The normalized spacial score (nSPS) is 13.4. The lowest BCUT2D eigenvalue weighted by Gasteiger charge is -2.28. The molecule has 4 nitrogen and oxygen atoms in total. The van der Waals surface area contributed by atoms with Crippen LogP contribution in [0.5, 0.6) is 0 Å². The topological polar surface area (TPSA) is 86.2 Å². The molecule has 0 aliphatic rings. The minimum absolute atomic E-state index is 0.102. The molecule has 0 radical (unpaired) electrons. The minimum Gasteiger partial charge on any atom is -0.370 e. The van der Waals surface area contributed by atoms with Crippen LogP contribution in [-0.2, 0) is 4.79 Å². The van der Waals surface area contributed by atoms with Crippen molar-refractivity contribution in [2.45, 2.75) is 26.3 Å². The molecule has 0 aliphatic carbocycles. The molecule has 0 fully saturated rings. The molecule has 0 aromatic carbocycles. The zero-order valence-corrected chi connectivity index (χ0v) is 10.2. The van der Waals surface area contributed by atoms with Gasteiger partial charge in [-0.15, -0.1) is 11.3 Å². The maximum atomic E-state index is 12.0. The fourth-order valence-electron chi connectivity index (χ4n) is 1.49. The molecule has 1 amide bonds. The molecule has 0 saturated heterocycles. The Morgan fingerprint density at radius 2 is 2.12 bits per heavy atom. The number of nitrogens with two attached hydrogens (primary N) is 2. The summed E-state index contributed by atoms with van der Waals surface area (Å²) in [5.41, 5.74) is 10.4. The van der Waals surface area contributed by atoms with Gasteiger partial charge in [0.1, 0.15) is 0 Å². The van der Waals surface area contributed by atoms with E-state index >= 15 is 0 Å². The number of thiophene rings is 1. The number of rotatable bonds is 5. The smallest absolute Gasteiger partial charge is 0.218 e. The predicted octanol–water partition coefficient (Wildman–Crippen LogP) is 1.16. The molecule has 88 valence electrons. The van der Waals surface area contributed by atoms with Crippen molar-refractivity contribution in [2.75, 3.05) is 0 Å². The summed E-state index contributed by atoms with van der Waals surface area (Å²) in [4.78, 5) is 23.5. The molecular weight excluding hydrogens is 224 g/mol. The lowest BCUT2D eigenvalue weighted by molar-refractivity contribution is -0.120. The largest absolute Gasteiger partial charge is 0.370 e. The lowest BCUT2D eigenvalue weighted by atomic mass is 9.79. The van der Waals surface area contributed by atoms with Gasteiger partial charge >= 0.3 is 0 Å². The number of hydrogen-bond acceptors (Lipinski definition) is 4. The number of ketones is 1. The first-order chi connectivity index (χ1) is 7.34. The van der Waals surface area contributed by atoms with Crippen LogP contribution in [0.15, 0.2) is 17.5 Å². The number of Topliss-reactive ketones (excluding diaryl/α,β-unsaturated/α-hetero) is 1. The summed E-state index contributed by atoms with van der Waals surface area (Å²) in [6, 6.07) is 2.82. The van der Waals surface area contributed by atoms with Gasteiger partial charge in [-0.2, -0.15) is 0 Å². The first-order valence-electron chi connectivity index (χ1n) is 4.96. The molecule has 5 heteroatoms. The molecule has 1 aromatic rings. The summed E-state index contributed by atoms with van der Waals surface area (Å²) in [5.74, 6) is -0.583. The number of amides is 1. The van der Waals surface area contributed by atoms with Gasteiger partial charge in [0, 0.05) is 6.42 Å². The maximum absolute atomic E-state index is 12.0. The van der Waals surface area contributed by atoms with E-state index < -0.39 is 17.4 Å². The van der Waals surface area contributed by atoms with E-state index in [9.17, 15) is 9.59 Å². The fourth-order valence-corrected chi connectivity index (χ4v) is 2.19. The summed E-state index contributed by atoms with van der Waals surface area (Å²) in [6.07, 6.45) is 0.102. The van der Waals surface area contributed by atoms with Gasteiger partial charge in [-0.25, -0.2) is 0 Å². The van der Waals surface area contributed by atoms with Crippen LogP contribution in [0.3, 0.4) is 0 Å². The van der Waals surface area contributed by atoms with Crippen LogP contribution in [0.1, 0.15) is 29.9 Å². The second-order valence-corrected chi connectivity index (χ2v) is 5.40. The first kappa shape index (κ1) is 12.9. The van der Waals surface area contributed by atoms with Crippen molar-refractivity contribution in [2.24, 2.45) is 16.9 Å². The van der Waals surface area contributed by atoms with E-state index in [1.165, 1.54) is 11.3 Å². The van der Waals surface area contributed by atoms with Gasteiger partial charge in [0.05, 0.1) is 10.9 Å². The molecule has 1 heterocycles. The number of hydrogen-bond donors (Lipinski definition) is 2. The number of carbonyl (C=O) groups is 2. The van der Waals surface area contributed by atoms with E-state index in [4.69, 9.17) is 11.5 Å². The van der Waals surface area contributed by atoms with Crippen LogP contribution in [0.2, 0.25) is 0 Å². The van der Waals surface area contributed by atoms with Crippen molar-refractivity contribution < 1.29 is 9.59 Å². The molecule has 1 aromatic heterocycles. The molecule has 0 unspecified atom stereocenters. The average Bonchev–Trinajstić information content (AvgIpc) is 2.66. The summed E-state index contributed by atoms with van der Waals surface area (Å²) in [7, 11) is 0. The van der Waals surface area contributed by atoms with E-state index in [-0.39, 0.29) is 12.2 Å². The minimum atomic E-state index is -0.710. The van der Waals surface area contributed by atoms with Crippen molar-refractivity contribution in [1.29, 1.82) is 0 Å². The van der Waals surface area contributed by atoms with Crippen LogP contribution in [-0.4, -0.2) is 17.7 Å². The van der Waals surface area contributed by atoms with E-state index in [1.54, 1.807) is 26.0 Å². The van der Waals surface area contributed by atoms with Crippen LogP contribution >= 0.6 is 11.3 Å². The molecule has 1 atom stereocenters. The van der Waals surface area contributed by atoms with Gasteiger partial charge < -0.3 is 11.5 Å². The Morgan fingerprint density at radius 3 is 2.56 bits per heavy atom. The molecule has 0 aliphatic heterocycles. The van der Waals surface area contributed by atoms with Crippen molar-refractivity contribution in [3.8, 4) is 0 Å². The van der Waals surface area contributed by atoms with E-state index in [1.807, 2.05) is 5.38 Å². The third kappa shape index (κ3) is 2.90. The van der Waals surface area contributed by atoms with Gasteiger partial charge in [0.2, 0.25) is 5.91 Å². The molecular formula is C11H16N2O2S. The highest BCUT2D eigenvalue weighted by molar-refractivity contribution is 7.12. The predicted molar refractivity (Wildman–Crippen MR) is 64.2 cm³/mol. The molecule has 0 spiro atoms. The van der Waals surface area contributed by atoms with Gasteiger partial charge in [-0.05, 0) is 16.9 Å². The molecule has 4 N–H and O–H groups in total. The van der Waals surface area contributed by atoms with Crippen LogP contribution in [0.25, 0.3) is 0 Å². The standard InChI is InChI=1S/C11H16N2O2S/c1-11(2,6-8(12)14)10(13)9(15)7-4-3-5-16-7/h3-5,10H,6,13H2,1-2H3,(H2,12,14)/t10-/m1/s1. The Bertz CT molecular complexity index is 385. The molecule has 0 bridgehead atoms. The second kappa shape index (κ2) is 4.76. The van der Waals surface area contributed by atoms with Crippen LogP contribution in [0, 0.1) is 5.41 Å². The SMILES string of the molecule is CC(C)(CC(N)=O)[C@H](N)C(=O)c1cccs1. The Labute approximate surface area is 98.6 Å². The summed E-state index contributed by atoms with van der Waals surface area (Å²) < 4.78 is 0. The van der Waals surface area contributed by atoms with Crippen LogP contribution < -0.4 is 11.5 Å². The zero-order chi connectivity index (χ0) is 12.3.